The maximum Gasteiger partial charge on any atom is 0.344 e. The Kier molecular flexibility index (Phi) is 6.70. The second-order valence-electron chi connectivity index (χ2n) is 5.29. The molecule has 0 fully saturated rings. The molecule has 7 nitrogen and oxygen atoms in total. The van der Waals surface area contributed by atoms with Crippen LogP contribution in [-0.4, -0.2) is 28.0 Å². The van der Waals surface area contributed by atoms with Crippen LogP contribution in [0.4, 0.5) is 14.2 Å². The zero-order valence-electron chi connectivity index (χ0n) is 13.6. The summed E-state index contributed by atoms with van der Waals surface area (Å²) in [6, 6.07) is 3.83. The number of anilines is 1. The van der Waals surface area contributed by atoms with E-state index in [1.807, 2.05) is 0 Å². The number of nitrogens with zero attached hydrogens (tertiary/aromatic N) is 1. The Morgan fingerprint density at radius 2 is 2.19 bits per heavy atom. The molecule has 0 aliphatic heterocycles. The Bertz CT molecular complexity index is 856. The molecule has 3 N–H and O–H groups in total. The van der Waals surface area contributed by atoms with E-state index in [0.717, 1.165) is 17.1 Å². The molecule has 0 aliphatic carbocycles. The van der Waals surface area contributed by atoms with E-state index in [1.54, 1.807) is 13.0 Å². The summed E-state index contributed by atoms with van der Waals surface area (Å²) in [7, 11) is 0. The summed E-state index contributed by atoms with van der Waals surface area (Å²) in [4.78, 5) is 23.3. The van der Waals surface area contributed by atoms with Crippen molar-refractivity contribution in [1.29, 1.82) is 0 Å². The Balaban J connectivity index is 2.12. The van der Waals surface area contributed by atoms with E-state index in [0.29, 0.717) is 4.47 Å². The molecule has 1 aromatic carbocycles. The highest BCUT2D eigenvalue weighted by Crippen LogP contribution is 2.31. The lowest BCUT2D eigenvalue weighted by atomic mass is 10.2. The zero-order valence-corrected chi connectivity index (χ0v) is 16.0. The maximum atomic E-state index is 13.8. The van der Waals surface area contributed by atoms with Crippen LogP contribution in [0.2, 0.25) is 0 Å². The number of carbonyl (C=O) groups excluding carboxylic acids is 1. The first-order valence-electron chi connectivity index (χ1n) is 7.27. The predicted molar refractivity (Wildman–Crippen MR) is 99.3 cm³/mol. The average Bonchev–Trinajstić information content (AvgIpc) is 2.95. The minimum Gasteiger partial charge on any atom is -0.477 e. The average molecular weight is 444 g/mol. The molecule has 1 heterocycles. The van der Waals surface area contributed by atoms with Crippen LogP contribution in [0.5, 0.6) is 5.88 Å². The number of carboxylic acids is 1. The van der Waals surface area contributed by atoms with Crippen LogP contribution in [0.1, 0.15) is 22.8 Å². The molecule has 0 unspecified atom stereocenters. The number of carboxylic acid groups (broad SMARTS) is 1. The van der Waals surface area contributed by atoms with Gasteiger partial charge in [0.05, 0.1) is 0 Å². The Hall–Kier alpha value is -2.46. The van der Waals surface area contributed by atoms with Gasteiger partial charge in [-0.15, -0.1) is 0 Å². The highest BCUT2D eigenvalue weighted by molar-refractivity contribution is 9.10. The van der Waals surface area contributed by atoms with Gasteiger partial charge in [0.15, 0.2) is 5.56 Å². The van der Waals surface area contributed by atoms with E-state index >= 15 is 0 Å². The molecular weight excluding hydrogens is 429 g/mol. The third-order valence-corrected chi connectivity index (χ3v) is 4.27. The van der Waals surface area contributed by atoms with Crippen molar-refractivity contribution < 1.29 is 23.8 Å². The highest BCUT2D eigenvalue weighted by atomic mass is 79.9. The summed E-state index contributed by atoms with van der Waals surface area (Å²) in [6.07, 6.45) is 0. The number of hydrogen-bond acceptors (Lipinski definition) is 5. The summed E-state index contributed by atoms with van der Waals surface area (Å²) in [5, 5.41) is 14.3. The van der Waals surface area contributed by atoms with Crippen LogP contribution < -0.4 is 15.4 Å². The third-order valence-electron chi connectivity index (χ3n) is 3.03. The van der Waals surface area contributed by atoms with E-state index in [1.165, 1.54) is 12.1 Å². The molecule has 0 saturated heterocycles. The van der Waals surface area contributed by atoms with Gasteiger partial charge >= 0.3 is 12.0 Å². The Morgan fingerprint density at radius 1 is 1.46 bits per heavy atom. The number of carbonyl (C=O) groups is 2. The van der Waals surface area contributed by atoms with E-state index in [2.05, 4.69) is 37.5 Å². The van der Waals surface area contributed by atoms with Crippen LogP contribution >= 0.6 is 27.5 Å². The molecular formula is C16H15BrFN3O4S. The molecule has 0 atom stereocenters. The first-order chi connectivity index (χ1) is 12.3. The van der Waals surface area contributed by atoms with Crippen molar-refractivity contribution in [2.45, 2.75) is 13.5 Å². The van der Waals surface area contributed by atoms with Crippen molar-refractivity contribution in [3.63, 3.8) is 0 Å². The van der Waals surface area contributed by atoms with Crippen molar-refractivity contribution in [3.8, 4) is 5.88 Å². The van der Waals surface area contributed by atoms with Gasteiger partial charge in [-0.25, -0.2) is 14.0 Å². The summed E-state index contributed by atoms with van der Waals surface area (Å²) in [6.45, 7) is 5.43. The molecule has 26 heavy (non-hydrogen) atoms. The molecule has 0 bridgehead atoms. The largest absolute Gasteiger partial charge is 0.477 e. The fraction of sp³-hybridized carbons (Fsp3) is 0.188. The van der Waals surface area contributed by atoms with Crippen LogP contribution in [0.3, 0.4) is 0 Å². The topological polar surface area (TPSA) is 101 Å². The van der Waals surface area contributed by atoms with Gasteiger partial charge in [-0.3, -0.25) is 5.32 Å². The SMILES string of the molecule is C=C(C)CNC(=O)Nc1snc(OCc2ccc(Br)cc2F)c1C(=O)O. The van der Waals surface area contributed by atoms with Crippen LogP contribution in [0.15, 0.2) is 34.8 Å². The van der Waals surface area contributed by atoms with Gasteiger partial charge in [0.2, 0.25) is 5.88 Å². The molecule has 1 aromatic heterocycles. The lowest BCUT2D eigenvalue weighted by molar-refractivity contribution is 0.0693. The van der Waals surface area contributed by atoms with E-state index in [9.17, 15) is 19.1 Å². The summed E-state index contributed by atoms with van der Waals surface area (Å²) >= 11 is 3.91. The number of hydrogen-bond donors (Lipinski definition) is 3. The van der Waals surface area contributed by atoms with Gasteiger partial charge in [-0.1, -0.05) is 34.1 Å². The Labute approximate surface area is 161 Å². The van der Waals surface area contributed by atoms with E-state index in [-0.39, 0.29) is 35.2 Å². The normalized spacial score (nSPS) is 10.3. The number of aromatic carboxylic acids is 1. The number of halogens is 2. The number of ether oxygens (including phenoxy) is 1. The molecule has 138 valence electrons. The second kappa shape index (κ2) is 8.77. The molecule has 0 aliphatic rings. The summed E-state index contributed by atoms with van der Waals surface area (Å²) < 4.78 is 23.6. The number of rotatable bonds is 7. The van der Waals surface area contributed by atoms with Crippen LogP contribution in [0, 0.1) is 5.82 Å². The second-order valence-corrected chi connectivity index (χ2v) is 6.98. The third kappa shape index (κ3) is 5.27. The number of amides is 2. The molecule has 2 rings (SSSR count). The fourth-order valence-electron chi connectivity index (χ4n) is 1.81. The number of nitrogens with one attached hydrogen (secondary N) is 2. The zero-order chi connectivity index (χ0) is 19.3. The van der Waals surface area contributed by atoms with Gasteiger partial charge in [0.1, 0.15) is 17.4 Å². The quantitative estimate of drug-likeness (QED) is 0.561. The number of aromatic nitrogens is 1. The fourth-order valence-corrected chi connectivity index (χ4v) is 2.87. The van der Waals surface area contributed by atoms with Gasteiger partial charge < -0.3 is 15.2 Å². The van der Waals surface area contributed by atoms with Gasteiger partial charge in [-0.2, -0.15) is 4.37 Å². The number of urea groups is 1. The van der Waals surface area contributed by atoms with Crippen molar-refractivity contribution >= 4 is 44.5 Å². The predicted octanol–water partition coefficient (Wildman–Crippen LogP) is 4.02. The first-order valence-corrected chi connectivity index (χ1v) is 8.83. The smallest absolute Gasteiger partial charge is 0.344 e. The van der Waals surface area contributed by atoms with Crippen molar-refractivity contribution in [3.05, 3.63) is 51.8 Å². The summed E-state index contributed by atoms with van der Waals surface area (Å²) in [5.74, 6) is -2.01. The molecule has 0 spiro atoms. The van der Waals surface area contributed by atoms with Gasteiger partial charge in [0.25, 0.3) is 0 Å². The molecule has 10 heteroatoms. The lowest BCUT2D eigenvalue weighted by Gasteiger charge is -2.08. The van der Waals surface area contributed by atoms with E-state index in [4.69, 9.17) is 4.74 Å². The maximum absolute atomic E-state index is 13.8. The first kappa shape index (κ1) is 19.9. The minimum atomic E-state index is -1.32. The van der Waals surface area contributed by atoms with Gasteiger partial charge in [0, 0.05) is 16.6 Å². The molecule has 0 radical (unpaired) electrons. The van der Waals surface area contributed by atoms with Crippen LogP contribution in [0.25, 0.3) is 0 Å². The van der Waals surface area contributed by atoms with Crippen molar-refractivity contribution in [1.82, 2.24) is 9.69 Å². The lowest BCUT2D eigenvalue weighted by Crippen LogP contribution is -2.30. The van der Waals surface area contributed by atoms with Gasteiger partial charge in [-0.05, 0) is 30.6 Å². The van der Waals surface area contributed by atoms with E-state index < -0.39 is 17.8 Å². The minimum absolute atomic E-state index is 0.0167. The molecule has 2 amide bonds. The van der Waals surface area contributed by atoms with Crippen molar-refractivity contribution in [2.75, 3.05) is 11.9 Å². The standard InChI is InChI=1S/C16H15BrFN3O4S/c1-8(2)6-19-16(24)20-14-12(15(22)23)13(21-26-14)25-7-9-3-4-10(17)5-11(9)18/h3-5H,1,6-7H2,2H3,(H,22,23)(H2,19,20,24). The van der Waals surface area contributed by atoms with Crippen molar-refractivity contribution in [2.24, 2.45) is 0 Å². The Morgan fingerprint density at radius 3 is 2.81 bits per heavy atom. The molecule has 2 aromatic rings. The highest BCUT2D eigenvalue weighted by Gasteiger charge is 2.23. The monoisotopic (exact) mass is 443 g/mol. The van der Waals surface area contributed by atoms with Crippen LogP contribution in [-0.2, 0) is 6.61 Å². The number of benzene rings is 1. The summed E-state index contributed by atoms with van der Waals surface area (Å²) in [5.41, 5.74) is 0.688. The molecule has 0 saturated carbocycles.